The van der Waals surface area contributed by atoms with Crippen LogP contribution in [0.5, 0.6) is 0 Å². The zero-order valence-electron chi connectivity index (χ0n) is 5.72. The molecule has 0 saturated carbocycles. The van der Waals surface area contributed by atoms with E-state index in [-0.39, 0.29) is 21.1 Å². The molecule has 0 N–H and O–H groups in total. The fraction of sp³-hybridized carbons (Fsp3) is 0.800. The van der Waals surface area contributed by atoms with Gasteiger partial charge in [-0.2, -0.15) is 0 Å². The minimum atomic E-state index is 0. The van der Waals surface area contributed by atoms with Crippen molar-refractivity contribution in [1.29, 1.82) is 0 Å². The smallest absolute Gasteiger partial charge is 0.0224 e. The molecule has 0 radical (unpaired) electrons. The Morgan fingerprint density at radius 2 is 1.62 bits per heavy atom. The van der Waals surface area contributed by atoms with Crippen LogP contribution in [0.25, 0.3) is 0 Å². The number of hydrogen-bond donors (Lipinski definition) is 0. The summed E-state index contributed by atoms with van der Waals surface area (Å²) in [7, 11) is 9.65. The summed E-state index contributed by atoms with van der Waals surface area (Å²) in [5.74, 6) is 0. The molecule has 8 heavy (non-hydrogen) atoms. The van der Waals surface area contributed by atoms with Crippen molar-refractivity contribution < 1.29 is 21.1 Å². The van der Waals surface area contributed by atoms with Crippen molar-refractivity contribution in [3.05, 3.63) is 7.05 Å². The minimum absolute atomic E-state index is 0. The van der Waals surface area contributed by atoms with E-state index in [2.05, 4.69) is 11.9 Å². The van der Waals surface area contributed by atoms with Crippen molar-refractivity contribution in [2.24, 2.45) is 0 Å². The molecular weight excluding hydrogens is 272 g/mol. The normalized spacial score (nSPS) is 9.75. The van der Waals surface area contributed by atoms with Crippen LogP contribution in [0.2, 0.25) is 0 Å². The van der Waals surface area contributed by atoms with E-state index in [1.54, 1.807) is 0 Å². The predicted octanol–water partition coefficient (Wildman–Crippen LogP) is 0.226. The van der Waals surface area contributed by atoms with Crippen molar-refractivity contribution in [2.75, 3.05) is 27.8 Å². The zero-order valence-corrected chi connectivity index (χ0v) is 8.65. The van der Waals surface area contributed by atoms with Gasteiger partial charge in [0.2, 0.25) is 0 Å². The van der Waals surface area contributed by atoms with E-state index in [9.17, 15) is 0 Å². The molecule has 0 aromatic heterocycles. The molecule has 0 aromatic rings. The van der Waals surface area contributed by atoms with Gasteiger partial charge in [-0.15, -0.1) is 0 Å². The molecule has 0 fully saturated rings. The average Bonchev–Trinajstić information content (AvgIpc) is 1.27. The quantitative estimate of drug-likeness (QED) is 0.529. The minimum Gasteiger partial charge on any atom is -0.450 e. The topological polar surface area (TPSA) is 6.48 Å². The SMILES string of the molecule is [CH2-]N(C)CN(C)C.[W]. The molecule has 0 aliphatic rings. The second kappa shape index (κ2) is 5.74. The summed E-state index contributed by atoms with van der Waals surface area (Å²) in [6.07, 6.45) is 0. The van der Waals surface area contributed by atoms with Gasteiger partial charge in [-0.05, 0) is 21.1 Å². The van der Waals surface area contributed by atoms with Crippen LogP contribution in [0.4, 0.5) is 0 Å². The van der Waals surface area contributed by atoms with Crippen molar-refractivity contribution in [3.63, 3.8) is 0 Å². The van der Waals surface area contributed by atoms with Crippen LogP contribution in [0.1, 0.15) is 0 Å². The van der Waals surface area contributed by atoms with E-state index in [0.29, 0.717) is 0 Å². The van der Waals surface area contributed by atoms with E-state index < -0.39 is 0 Å². The molecule has 0 amide bonds. The van der Waals surface area contributed by atoms with Crippen LogP contribution in [-0.2, 0) is 21.1 Å². The molecule has 0 bridgehead atoms. The Labute approximate surface area is 66.1 Å². The van der Waals surface area contributed by atoms with E-state index in [1.165, 1.54) is 0 Å². The first-order chi connectivity index (χ1) is 3.13. The molecule has 0 spiro atoms. The predicted molar refractivity (Wildman–Crippen MR) is 31.7 cm³/mol. The number of hydrogen-bond acceptors (Lipinski definition) is 2. The molecule has 0 unspecified atom stereocenters. The molecule has 0 aliphatic carbocycles. The Bertz CT molecular complexity index is 39.7. The third kappa shape index (κ3) is 9.79. The van der Waals surface area contributed by atoms with Gasteiger partial charge in [0, 0.05) is 27.7 Å². The molecule has 0 atom stereocenters. The van der Waals surface area contributed by atoms with Gasteiger partial charge in [-0.25, -0.2) is 0 Å². The third-order valence-corrected chi connectivity index (χ3v) is 0.524. The maximum atomic E-state index is 3.67. The molecule has 0 heterocycles. The van der Waals surface area contributed by atoms with E-state index in [0.717, 1.165) is 6.67 Å². The van der Waals surface area contributed by atoms with Gasteiger partial charge in [0.25, 0.3) is 0 Å². The van der Waals surface area contributed by atoms with E-state index >= 15 is 0 Å². The molecule has 3 heteroatoms. The maximum absolute atomic E-state index is 3.67. The number of nitrogens with zero attached hydrogens (tertiary/aromatic N) is 2. The van der Waals surface area contributed by atoms with Crippen LogP contribution in [0.15, 0.2) is 0 Å². The largest absolute Gasteiger partial charge is 0.450 e. The molecular formula is C5H13N2W-. The van der Waals surface area contributed by atoms with Crippen molar-refractivity contribution in [3.8, 4) is 0 Å². The van der Waals surface area contributed by atoms with Gasteiger partial charge in [0.15, 0.2) is 0 Å². The van der Waals surface area contributed by atoms with E-state index in [4.69, 9.17) is 0 Å². The standard InChI is InChI=1S/C5H13N2.W/c1-6(2)5-7(3)4;/h1,5H2,2-4H3;/q-1;. The summed E-state index contributed by atoms with van der Waals surface area (Å²) in [6.45, 7) is 0.917. The molecule has 2 nitrogen and oxygen atoms in total. The van der Waals surface area contributed by atoms with Gasteiger partial charge in [0.1, 0.15) is 0 Å². The zero-order chi connectivity index (χ0) is 5.86. The van der Waals surface area contributed by atoms with Gasteiger partial charge in [-0.1, -0.05) is 0 Å². The van der Waals surface area contributed by atoms with Gasteiger partial charge in [-0.3, -0.25) is 11.9 Å². The first-order valence-corrected chi connectivity index (χ1v) is 2.29. The fourth-order valence-corrected chi connectivity index (χ4v) is 0.483. The first kappa shape index (κ1) is 11.4. The Morgan fingerprint density at radius 1 is 1.25 bits per heavy atom. The van der Waals surface area contributed by atoms with Crippen LogP contribution >= 0.6 is 0 Å². The first-order valence-electron chi connectivity index (χ1n) is 2.29. The molecule has 0 aliphatic heterocycles. The Morgan fingerprint density at radius 3 is 1.62 bits per heavy atom. The average molecular weight is 285 g/mol. The van der Waals surface area contributed by atoms with E-state index in [1.807, 2.05) is 26.0 Å². The van der Waals surface area contributed by atoms with Crippen LogP contribution in [0.3, 0.4) is 0 Å². The summed E-state index contributed by atoms with van der Waals surface area (Å²) in [4.78, 5) is 3.94. The second-order valence-electron chi connectivity index (χ2n) is 2.08. The van der Waals surface area contributed by atoms with Gasteiger partial charge < -0.3 is 4.90 Å². The summed E-state index contributed by atoms with van der Waals surface area (Å²) >= 11 is 0. The molecule has 0 rings (SSSR count). The van der Waals surface area contributed by atoms with Crippen LogP contribution in [-0.4, -0.2) is 37.6 Å². The summed E-state index contributed by atoms with van der Waals surface area (Å²) in [5.41, 5.74) is 0. The van der Waals surface area contributed by atoms with Crippen LogP contribution < -0.4 is 0 Å². The molecule has 50 valence electrons. The Kier molecular flexibility index (Phi) is 8.19. The maximum Gasteiger partial charge on any atom is 0.0224 e. The van der Waals surface area contributed by atoms with Gasteiger partial charge in [0.05, 0.1) is 0 Å². The summed E-state index contributed by atoms with van der Waals surface area (Å²) < 4.78 is 0. The molecule has 0 aromatic carbocycles. The monoisotopic (exact) mass is 285 g/mol. The Balaban J connectivity index is 0. The van der Waals surface area contributed by atoms with Crippen molar-refractivity contribution >= 4 is 0 Å². The van der Waals surface area contributed by atoms with Crippen LogP contribution in [0, 0.1) is 7.05 Å². The summed E-state index contributed by atoms with van der Waals surface area (Å²) in [5, 5.41) is 0. The van der Waals surface area contributed by atoms with Crippen molar-refractivity contribution in [2.45, 2.75) is 0 Å². The van der Waals surface area contributed by atoms with Crippen molar-refractivity contribution in [1.82, 2.24) is 9.80 Å². The Hall–Kier alpha value is 0.608. The summed E-state index contributed by atoms with van der Waals surface area (Å²) in [6, 6.07) is 0. The molecule has 0 saturated heterocycles. The van der Waals surface area contributed by atoms with Gasteiger partial charge >= 0.3 is 0 Å². The fourth-order valence-electron chi connectivity index (χ4n) is 0.483. The number of rotatable bonds is 2. The second-order valence-corrected chi connectivity index (χ2v) is 2.08. The third-order valence-electron chi connectivity index (χ3n) is 0.524.